The standard InChI is InChI=1S/C61H40N2/c1-2-14-41(15-3-1)42-26-32-45(33-27-42)62(46-34-28-43(29-35-46)44-30-36-47(37-31-44)63-59-24-12-7-19-53(59)54-20-8-13-25-60(54)63)48-38-39-52-51-18-6-11-23-57(51)61(58(52)40-48)55-21-9-4-16-49(55)50-17-5-10-22-56(50)61/h1-40H. The average Bonchev–Trinajstić information content (AvgIpc) is 3.97. The van der Waals surface area contributed by atoms with E-state index in [0.717, 1.165) is 22.7 Å². The zero-order valence-electron chi connectivity index (χ0n) is 34.5. The van der Waals surface area contributed by atoms with Gasteiger partial charge in [0.2, 0.25) is 0 Å². The van der Waals surface area contributed by atoms with Crippen LogP contribution in [0.15, 0.2) is 243 Å². The predicted molar refractivity (Wildman–Crippen MR) is 263 cm³/mol. The number of fused-ring (bicyclic) bond motifs is 13. The summed E-state index contributed by atoms with van der Waals surface area (Å²) in [6.45, 7) is 0. The van der Waals surface area contributed by atoms with Gasteiger partial charge in [-0.2, -0.15) is 0 Å². The lowest BCUT2D eigenvalue weighted by Gasteiger charge is -2.32. The zero-order chi connectivity index (χ0) is 41.5. The largest absolute Gasteiger partial charge is 0.310 e. The Morgan fingerprint density at radius 2 is 0.667 bits per heavy atom. The van der Waals surface area contributed by atoms with Crippen LogP contribution in [-0.2, 0) is 5.41 Å². The Bertz CT molecular complexity index is 3420. The first-order valence-corrected chi connectivity index (χ1v) is 21.8. The molecule has 1 aromatic heterocycles. The minimum absolute atomic E-state index is 0.423. The average molecular weight is 801 g/mol. The first-order valence-electron chi connectivity index (χ1n) is 21.8. The molecule has 1 heterocycles. The molecule has 0 fully saturated rings. The summed E-state index contributed by atoms with van der Waals surface area (Å²) in [5.74, 6) is 0. The molecule has 10 aromatic carbocycles. The minimum Gasteiger partial charge on any atom is -0.310 e. The maximum Gasteiger partial charge on any atom is 0.0726 e. The van der Waals surface area contributed by atoms with Crippen LogP contribution in [0, 0.1) is 0 Å². The molecular weight excluding hydrogens is 761 g/mol. The van der Waals surface area contributed by atoms with Crippen molar-refractivity contribution in [3.05, 3.63) is 265 Å². The molecule has 1 spiro atoms. The molecule has 63 heavy (non-hydrogen) atoms. The van der Waals surface area contributed by atoms with Gasteiger partial charge >= 0.3 is 0 Å². The van der Waals surface area contributed by atoms with Crippen LogP contribution in [-0.4, -0.2) is 4.57 Å². The minimum atomic E-state index is -0.423. The molecular formula is C61H40N2. The van der Waals surface area contributed by atoms with Crippen molar-refractivity contribution in [2.45, 2.75) is 5.41 Å². The van der Waals surface area contributed by atoms with Crippen molar-refractivity contribution in [3.8, 4) is 50.2 Å². The van der Waals surface area contributed by atoms with E-state index >= 15 is 0 Å². The summed E-state index contributed by atoms with van der Waals surface area (Å²) in [6.07, 6.45) is 0. The fraction of sp³-hybridized carbons (Fsp3) is 0.0164. The lowest BCUT2D eigenvalue weighted by molar-refractivity contribution is 0.793. The molecule has 0 saturated carbocycles. The summed E-state index contributed by atoms with van der Waals surface area (Å²) >= 11 is 0. The third-order valence-electron chi connectivity index (χ3n) is 13.6. The molecule has 0 unspecified atom stereocenters. The lowest BCUT2D eigenvalue weighted by atomic mass is 9.70. The van der Waals surface area contributed by atoms with E-state index in [1.807, 2.05) is 0 Å². The van der Waals surface area contributed by atoms with Crippen molar-refractivity contribution < 1.29 is 0 Å². The van der Waals surface area contributed by atoms with Gasteiger partial charge in [0, 0.05) is 33.5 Å². The molecule has 0 atom stereocenters. The van der Waals surface area contributed by atoms with Gasteiger partial charge in [-0.25, -0.2) is 0 Å². The van der Waals surface area contributed by atoms with Crippen LogP contribution in [0.4, 0.5) is 17.1 Å². The normalized spacial score (nSPS) is 12.9. The van der Waals surface area contributed by atoms with Crippen LogP contribution in [0.25, 0.3) is 72.0 Å². The molecule has 0 aliphatic heterocycles. The van der Waals surface area contributed by atoms with E-state index in [4.69, 9.17) is 0 Å². The SMILES string of the molecule is c1ccc(-c2ccc(N(c3ccc(-c4ccc(-n5c6ccccc6c6ccccc65)cc4)cc3)c3ccc4c(c3)C3(c5ccccc5-c5ccccc53)c3ccccc3-4)cc2)cc1. The Labute approximate surface area is 367 Å². The number of hydrogen-bond acceptors (Lipinski definition) is 1. The molecule has 0 bridgehead atoms. The Hall–Kier alpha value is -8.20. The molecule has 2 heteroatoms. The van der Waals surface area contributed by atoms with Crippen LogP contribution in [0.3, 0.4) is 0 Å². The quantitative estimate of drug-likeness (QED) is 0.163. The summed E-state index contributed by atoms with van der Waals surface area (Å²) in [6, 6.07) is 89.4. The van der Waals surface area contributed by atoms with Gasteiger partial charge < -0.3 is 9.47 Å². The van der Waals surface area contributed by atoms with Crippen molar-refractivity contribution in [2.24, 2.45) is 0 Å². The Morgan fingerprint density at radius 1 is 0.286 bits per heavy atom. The molecule has 0 saturated heterocycles. The highest BCUT2D eigenvalue weighted by Crippen LogP contribution is 2.63. The summed E-state index contributed by atoms with van der Waals surface area (Å²) in [4.78, 5) is 2.42. The fourth-order valence-electron chi connectivity index (χ4n) is 10.9. The molecule has 2 aliphatic rings. The molecule has 0 amide bonds. The number of rotatable bonds is 6. The molecule has 11 aromatic rings. The first-order chi connectivity index (χ1) is 31.3. The maximum atomic E-state index is 2.47. The smallest absolute Gasteiger partial charge is 0.0726 e. The first kappa shape index (κ1) is 35.5. The third kappa shape index (κ3) is 5.25. The van der Waals surface area contributed by atoms with Gasteiger partial charge in [0.15, 0.2) is 0 Å². The summed E-state index contributed by atoms with van der Waals surface area (Å²) in [5, 5.41) is 2.54. The van der Waals surface area contributed by atoms with E-state index in [2.05, 4.69) is 252 Å². The van der Waals surface area contributed by atoms with E-state index in [9.17, 15) is 0 Å². The molecule has 2 aliphatic carbocycles. The zero-order valence-corrected chi connectivity index (χ0v) is 34.5. The lowest BCUT2D eigenvalue weighted by Crippen LogP contribution is -2.26. The monoisotopic (exact) mass is 800 g/mol. The fourth-order valence-corrected chi connectivity index (χ4v) is 10.9. The second-order valence-electron chi connectivity index (χ2n) is 16.8. The second kappa shape index (κ2) is 13.9. The highest BCUT2D eigenvalue weighted by Gasteiger charge is 2.51. The number of aromatic nitrogens is 1. The van der Waals surface area contributed by atoms with E-state index < -0.39 is 5.41 Å². The van der Waals surface area contributed by atoms with Crippen molar-refractivity contribution in [3.63, 3.8) is 0 Å². The Morgan fingerprint density at radius 3 is 1.17 bits per heavy atom. The molecule has 0 radical (unpaired) electrons. The second-order valence-corrected chi connectivity index (χ2v) is 16.8. The summed E-state index contributed by atoms with van der Waals surface area (Å²) < 4.78 is 2.38. The van der Waals surface area contributed by atoms with Crippen molar-refractivity contribution in [1.29, 1.82) is 0 Å². The van der Waals surface area contributed by atoms with Crippen molar-refractivity contribution >= 4 is 38.9 Å². The third-order valence-corrected chi connectivity index (χ3v) is 13.6. The van der Waals surface area contributed by atoms with E-state index in [1.165, 1.54) is 88.6 Å². The van der Waals surface area contributed by atoms with E-state index in [-0.39, 0.29) is 0 Å². The van der Waals surface area contributed by atoms with Gasteiger partial charge in [0.05, 0.1) is 16.4 Å². The van der Waals surface area contributed by atoms with Crippen LogP contribution in [0.5, 0.6) is 0 Å². The number of hydrogen-bond donors (Lipinski definition) is 0. The molecule has 13 rings (SSSR count). The van der Waals surface area contributed by atoms with E-state index in [1.54, 1.807) is 0 Å². The van der Waals surface area contributed by atoms with Crippen LogP contribution < -0.4 is 4.90 Å². The van der Waals surface area contributed by atoms with Crippen LogP contribution in [0.2, 0.25) is 0 Å². The van der Waals surface area contributed by atoms with Gasteiger partial charge in [-0.05, 0) is 127 Å². The highest BCUT2D eigenvalue weighted by atomic mass is 15.1. The number of para-hydroxylation sites is 2. The number of nitrogens with zero attached hydrogens (tertiary/aromatic N) is 2. The van der Waals surface area contributed by atoms with Gasteiger partial charge in [-0.3, -0.25) is 0 Å². The Kier molecular flexibility index (Phi) is 7.85. The maximum absolute atomic E-state index is 2.47. The van der Waals surface area contributed by atoms with Gasteiger partial charge in [-0.1, -0.05) is 182 Å². The highest BCUT2D eigenvalue weighted by molar-refractivity contribution is 6.09. The molecule has 294 valence electrons. The van der Waals surface area contributed by atoms with Gasteiger partial charge in [-0.15, -0.1) is 0 Å². The molecule has 2 nitrogen and oxygen atoms in total. The van der Waals surface area contributed by atoms with Gasteiger partial charge in [0.25, 0.3) is 0 Å². The predicted octanol–water partition coefficient (Wildman–Crippen LogP) is 15.9. The van der Waals surface area contributed by atoms with Crippen molar-refractivity contribution in [2.75, 3.05) is 4.90 Å². The summed E-state index contributed by atoms with van der Waals surface area (Å²) in [5.41, 5.74) is 21.9. The summed E-state index contributed by atoms with van der Waals surface area (Å²) in [7, 11) is 0. The molecule has 0 N–H and O–H groups in total. The Balaban J connectivity index is 0.936. The van der Waals surface area contributed by atoms with Gasteiger partial charge in [0.1, 0.15) is 0 Å². The number of benzene rings is 10. The van der Waals surface area contributed by atoms with Crippen LogP contribution in [0.1, 0.15) is 22.3 Å². The topological polar surface area (TPSA) is 8.17 Å². The number of anilines is 3. The van der Waals surface area contributed by atoms with E-state index in [0.29, 0.717) is 0 Å². The van der Waals surface area contributed by atoms with Crippen LogP contribution >= 0.6 is 0 Å². The van der Waals surface area contributed by atoms with Crippen molar-refractivity contribution in [1.82, 2.24) is 4.57 Å².